The first-order valence-electron chi connectivity index (χ1n) is 4.09. The molecule has 1 saturated carbocycles. The van der Waals surface area contributed by atoms with Crippen LogP contribution in [0.5, 0.6) is 0 Å². The van der Waals surface area contributed by atoms with Crippen molar-refractivity contribution in [2.75, 3.05) is 6.54 Å². The van der Waals surface area contributed by atoms with Crippen LogP contribution in [0.15, 0.2) is 0 Å². The third-order valence-corrected chi connectivity index (χ3v) is 2.89. The Morgan fingerprint density at radius 3 is 2.20 bits per heavy atom. The average molecular weight is 143 g/mol. The number of nitrogens with two attached hydrogens (primary N) is 1. The standard InChI is InChI=1S/C8H17NO/c1-7(10)8(6-9)4-2-3-5-8/h7,10H,2-6,9H2,1H3. The lowest BCUT2D eigenvalue weighted by Crippen LogP contribution is -2.37. The van der Waals surface area contributed by atoms with E-state index in [0.717, 1.165) is 12.8 Å². The molecule has 0 heterocycles. The molecule has 0 aromatic heterocycles. The maximum Gasteiger partial charge on any atom is 0.0580 e. The zero-order chi connectivity index (χ0) is 7.61. The molecule has 1 atom stereocenters. The van der Waals surface area contributed by atoms with E-state index in [-0.39, 0.29) is 11.5 Å². The van der Waals surface area contributed by atoms with E-state index >= 15 is 0 Å². The molecule has 1 rings (SSSR count). The first kappa shape index (κ1) is 8.02. The summed E-state index contributed by atoms with van der Waals surface area (Å²) in [5, 5.41) is 9.42. The number of aliphatic hydroxyl groups excluding tert-OH is 1. The lowest BCUT2D eigenvalue weighted by atomic mass is 9.81. The SMILES string of the molecule is CC(O)C1(CN)CCCC1. The molecule has 1 aliphatic rings. The summed E-state index contributed by atoms with van der Waals surface area (Å²) in [6.07, 6.45) is 4.48. The van der Waals surface area contributed by atoms with E-state index in [4.69, 9.17) is 5.73 Å². The number of hydrogen-bond acceptors (Lipinski definition) is 2. The van der Waals surface area contributed by atoms with Gasteiger partial charge in [0.2, 0.25) is 0 Å². The molecule has 0 aliphatic heterocycles. The highest BCUT2D eigenvalue weighted by atomic mass is 16.3. The molecule has 0 bridgehead atoms. The first-order chi connectivity index (χ1) is 4.71. The molecular weight excluding hydrogens is 126 g/mol. The van der Waals surface area contributed by atoms with E-state index in [0.29, 0.717) is 6.54 Å². The molecule has 1 aliphatic carbocycles. The number of rotatable bonds is 2. The molecule has 1 fully saturated rings. The Bertz CT molecular complexity index is 106. The average Bonchev–Trinajstić information content (AvgIpc) is 2.35. The fraction of sp³-hybridized carbons (Fsp3) is 1.00. The van der Waals surface area contributed by atoms with Gasteiger partial charge in [0.1, 0.15) is 0 Å². The van der Waals surface area contributed by atoms with Crippen molar-refractivity contribution in [1.82, 2.24) is 0 Å². The Morgan fingerprint density at radius 1 is 1.50 bits per heavy atom. The van der Waals surface area contributed by atoms with Crippen LogP contribution >= 0.6 is 0 Å². The monoisotopic (exact) mass is 143 g/mol. The molecule has 3 N–H and O–H groups in total. The van der Waals surface area contributed by atoms with Gasteiger partial charge < -0.3 is 10.8 Å². The number of aliphatic hydroxyl groups is 1. The molecule has 0 aromatic carbocycles. The van der Waals surface area contributed by atoms with Crippen molar-refractivity contribution in [2.24, 2.45) is 11.1 Å². The summed E-state index contributed by atoms with van der Waals surface area (Å²) in [6, 6.07) is 0. The zero-order valence-electron chi connectivity index (χ0n) is 6.64. The number of hydrogen-bond donors (Lipinski definition) is 2. The molecule has 0 aromatic rings. The highest BCUT2D eigenvalue weighted by Gasteiger charge is 2.36. The van der Waals surface area contributed by atoms with Crippen molar-refractivity contribution >= 4 is 0 Å². The predicted molar refractivity (Wildman–Crippen MR) is 41.6 cm³/mol. The van der Waals surface area contributed by atoms with Gasteiger partial charge in [-0.25, -0.2) is 0 Å². The topological polar surface area (TPSA) is 46.2 Å². The fourth-order valence-corrected chi connectivity index (χ4v) is 1.87. The summed E-state index contributed by atoms with van der Waals surface area (Å²) in [6.45, 7) is 2.50. The van der Waals surface area contributed by atoms with E-state index in [9.17, 15) is 5.11 Å². The molecule has 2 heteroatoms. The molecule has 0 radical (unpaired) electrons. The maximum atomic E-state index is 9.42. The molecule has 1 unspecified atom stereocenters. The quantitative estimate of drug-likeness (QED) is 0.603. The summed E-state index contributed by atoms with van der Waals surface area (Å²) in [7, 11) is 0. The van der Waals surface area contributed by atoms with Gasteiger partial charge in [0.15, 0.2) is 0 Å². The van der Waals surface area contributed by atoms with Crippen LogP contribution in [0.25, 0.3) is 0 Å². The smallest absolute Gasteiger partial charge is 0.0580 e. The van der Waals surface area contributed by atoms with Crippen LogP contribution in [0.1, 0.15) is 32.6 Å². The second-order valence-corrected chi connectivity index (χ2v) is 3.45. The Balaban J connectivity index is 2.58. The fourth-order valence-electron chi connectivity index (χ4n) is 1.87. The van der Waals surface area contributed by atoms with Crippen LogP contribution in [0, 0.1) is 5.41 Å². The minimum Gasteiger partial charge on any atom is -0.393 e. The van der Waals surface area contributed by atoms with Crippen molar-refractivity contribution in [3.63, 3.8) is 0 Å². The van der Waals surface area contributed by atoms with E-state index in [1.54, 1.807) is 0 Å². The molecule has 0 spiro atoms. The minimum atomic E-state index is -0.222. The van der Waals surface area contributed by atoms with Crippen LogP contribution in [0.3, 0.4) is 0 Å². The van der Waals surface area contributed by atoms with Crippen molar-refractivity contribution in [2.45, 2.75) is 38.7 Å². The van der Waals surface area contributed by atoms with E-state index < -0.39 is 0 Å². The van der Waals surface area contributed by atoms with Gasteiger partial charge in [-0.15, -0.1) is 0 Å². The van der Waals surface area contributed by atoms with Crippen LogP contribution < -0.4 is 5.73 Å². The lowest BCUT2D eigenvalue weighted by Gasteiger charge is -2.30. The van der Waals surface area contributed by atoms with Crippen LogP contribution in [0.2, 0.25) is 0 Å². The van der Waals surface area contributed by atoms with Gasteiger partial charge in [0, 0.05) is 12.0 Å². The van der Waals surface area contributed by atoms with Crippen molar-refractivity contribution < 1.29 is 5.11 Å². The van der Waals surface area contributed by atoms with Crippen LogP contribution in [0.4, 0.5) is 0 Å². The summed E-state index contributed by atoms with van der Waals surface area (Å²) >= 11 is 0. The highest BCUT2D eigenvalue weighted by molar-refractivity contribution is 4.89. The van der Waals surface area contributed by atoms with Gasteiger partial charge in [-0.05, 0) is 19.8 Å². The molecule has 0 saturated heterocycles. The third-order valence-electron chi connectivity index (χ3n) is 2.89. The summed E-state index contributed by atoms with van der Waals surface area (Å²) < 4.78 is 0. The van der Waals surface area contributed by atoms with E-state index in [2.05, 4.69) is 0 Å². The highest BCUT2D eigenvalue weighted by Crippen LogP contribution is 2.39. The lowest BCUT2D eigenvalue weighted by molar-refractivity contribution is 0.0499. The van der Waals surface area contributed by atoms with Gasteiger partial charge in [-0.2, -0.15) is 0 Å². The summed E-state index contributed by atoms with van der Waals surface area (Å²) in [5.41, 5.74) is 5.68. The zero-order valence-corrected chi connectivity index (χ0v) is 6.64. The van der Waals surface area contributed by atoms with Crippen LogP contribution in [-0.4, -0.2) is 17.8 Å². The Kier molecular flexibility index (Phi) is 2.32. The van der Waals surface area contributed by atoms with Gasteiger partial charge in [0.25, 0.3) is 0 Å². The molecule has 0 amide bonds. The second kappa shape index (κ2) is 2.89. The molecule has 60 valence electrons. The maximum absolute atomic E-state index is 9.42. The second-order valence-electron chi connectivity index (χ2n) is 3.45. The van der Waals surface area contributed by atoms with Gasteiger partial charge in [-0.1, -0.05) is 12.8 Å². The van der Waals surface area contributed by atoms with Gasteiger partial charge in [0.05, 0.1) is 6.10 Å². The molecule has 2 nitrogen and oxygen atoms in total. The Hall–Kier alpha value is -0.0800. The predicted octanol–water partition coefficient (Wildman–Crippen LogP) is 0.886. The van der Waals surface area contributed by atoms with Gasteiger partial charge in [-0.3, -0.25) is 0 Å². The third kappa shape index (κ3) is 1.18. The summed E-state index contributed by atoms with van der Waals surface area (Å²) in [4.78, 5) is 0. The van der Waals surface area contributed by atoms with Crippen LogP contribution in [-0.2, 0) is 0 Å². The van der Waals surface area contributed by atoms with Gasteiger partial charge >= 0.3 is 0 Å². The Labute approximate surface area is 62.4 Å². The largest absolute Gasteiger partial charge is 0.393 e. The van der Waals surface area contributed by atoms with Crippen molar-refractivity contribution in [3.05, 3.63) is 0 Å². The van der Waals surface area contributed by atoms with Crippen molar-refractivity contribution in [1.29, 1.82) is 0 Å². The first-order valence-corrected chi connectivity index (χ1v) is 4.09. The summed E-state index contributed by atoms with van der Waals surface area (Å²) in [5.74, 6) is 0. The van der Waals surface area contributed by atoms with Crippen molar-refractivity contribution in [3.8, 4) is 0 Å². The minimum absolute atomic E-state index is 0.0694. The molecular formula is C8H17NO. The normalized spacial score (nSPS) is 26.7. The van der Waals surface area contributed by atoms with E-state index in [1.165, 1.54) is 12.8 Å². The Morgan fingerprint density at radius 2 is 2.00 bits per heavy atom. The van der Waals surface area contributed by atoms with E-state index in [1.807, 2.05) is 6.92 Å². The molecule has 10 heavy (non-hydrogen) atoms.